The van der Waals surface area contributed by atoms with Crippen molar-refractivity contribution < 1.29 is 32.2 Å². The fraction of sp³-hybridized carbons (Fsp3) is 0.417. The number of fused-ring (bicyclic) bond motifs is 4. The van der Waals surface area contributed by atoms with Crippen LogP contribution in [0, 0.1) is 5.92 Å². The van der Waals surface area contributed by atoms with E-state index < -0.39 is 23.2 Å². The smallest absolute Gasteiger partial charge is 0.416 e. The Hall–Kier alpha value is -3.45. The van der Waals surface area contributed by atoms with Crippen molar-refractivity contribution in [3.8, 4) is 28.8 Å². The second-order valence-corrected chi connectivity index (χ2v) is 10.3. The lowest BCUT2D eigenvalue weighted by Gasteiger charge is -2.51. The predicted octanol–water partition coefficient (Wildman–Crippen LogP) is 4.45. The number of hydrogen-bond donors (Lipinski definition) is 1. The third-order valence-electron chi connectivity index (χ3n) is 6.10. The number of anilines is 1. The van der Waals surface area contributed by atoms with E-state index in [0.717, 1.165) is 23.6 Å². The highest BCUT2D eigenvalue weighted by Crippen LogP contribution is 2.53. The molecule has 5 rings (SSSR count). The minimum atomic E-state index is -4.51. The van der Waals surface area contributed by atoms with Crippen LogP contribution in [0.15, 0.2) is 24.5 Å². The predicted molar refractivity (Wildman–Crippen MR) is 129 cm³/mol. The van der Waals surface area contributed by atoms with Gasteiger partial charge in [0, 0.05) is 25.2 Å². The van der Waals surface area contributed by atoms with Crippen LogP contribution in [-0.2, 0) is 11.8 Å². The molecule has 2 aromatic heterocycles. The number of carbonyl (C=O) groups excluding carboxylic acids is 1. The number of benzene rings is 1. The van der Waals surface area contributed by atoms with E-state index in [-0.39, 0.29) is 28.2 Å². The van der Waals surface area contributed by atoms with Crippen LogP contribution in [0.3, 0.4) is 0 Å². The first-order chi connectivity index (χ1) is 17.5. The van der Waals surface area contributed by atoms with Crippen molar-refractivity contribution in [1.82, 2.24) is 19.9 Å². The molecular formula is C24H24F3N5O4S. The molecule has 1 fully saturated rings. The Bertz CT molecular complexity index is 1330. The number of likely N-dealkylation sites (tertiary alicyclic amines) is 1. The van der Waals surface area contributed by atoms with Gasteiger partial charge in [-0.2, -0.15) is 13.2 Å². The number of alkyl halides is 3. The quantitative estimate of drug-likeness (QED) is 0.495. The molecule has 2 aliphatic rings. The topological polar surface area (TPSA) is 98.7 Å². The SMILES string of the molecule is COc1ncnc(OC)c1C(=O)Nc1nc2c(s1)C1(CN(CC(C)C)C1)Oc1cc(C(F)(F)F)ccc1-2. The number of thiazole rings is 1. The maximum Gasteiger partial charge on any atom is 0.416 e. The maximum atomic E-state index is 13.4. The zero-order chi connectivity index (χ0) is 26.5. The molecule has 0 radical (unpaired) electrons. The van der Waals surface area contributed by atoms with Crippen LogP contribution in [0.4, 0.5) is 18.3 Å². The zero-order valence-electron chi connectivity index (χ0n) is 20.5. The third kappa shape index (κ3) is 4.46. The molecule has 0 saturated carbocycles. The molecule has 1 amide bonds. The summed E-state index contributed by atoms with van der Waals surface area (Å²) < 4.78 is 56.9. The van der Waals surface area contributed by atoms with Crippen LogP contribution in [-0.4, -0.2) is 59.6 Å². The van der Waals surface area contributed by atoms with Crippen molar-refractivity contribution in [2.75, 3.05) is 39.2 Å². The molecule has 1 saturated heterocycles. The zero-order valence-corrected chi connectivity index (χ0v) is 21.3. The molecule has 0 aliphatic carbocycles. The van der Waals surface area contributed by atoms with Gasteiger partial charge < -0.3 is 14.2 Å². The molecule has 1 aromatic carbocycles. The van der Waals surface area contributed by atoms with E-state index in [9.17, 15) is 18.0 Å². The number of methoxy groups -OCH3 is 2. The van der Waals surface area contributed by atoms with Crippen LogP contribution < -0.4 is 19.5 Å². The van der Waals surface area contributed by atoms with E-state index in [2.05, 4.69) is 39.0 Å². The lowest BCUT2D eigenvalue weighted by atomic mass is 9.86. The summed E-state index contributed by atoms with van der Waals surface area (Å²) in [4.78, 5) is 28.6. The Balaban J connectivity index is 1.53. The number of amides is 1. The van der Waals surface area contributed by atoms with Crippen LogP contribution >= 0.6 is 11.3 Å². The summed E-state index contributed by atoms with van der Waals surface area (Å²) in [5.74, 6) is -0.0101. The van der Waals surface area contributed by atoms with Gasteiger partial charge in [0.1, 0.15) is 12.1 Å². The number of ether oxygens (including phenoxy) is 3. The van der Waals surface area contributed by atoms with Crippen LogP contribution in [0.1, 0.15) is 34.6 Å². The van der Waals surface area contributed by atoms with Gasteiger partial charge in [-0.15, -0.1) is 0 Å². The van der Waals surface area contributed by atoms with E-state index in [1.807, 2.05) is 0 Å². The van der Waals surface area contributed by atoms with Gasteiger partial charge in [-0.25, -0.2) is 15.0 Å². The van der Waals surface area contributed by atoms with E-state index in [1.165, 1.54) is 38.0 Å². The number of nitrogens with zero attached hydrogens (tertiary/aromatic N) is 4. The molecule has 0 unspecified atom stereocenters. The molecule has 9 nitrogen and oxygen atoms in total. The van der Waals surface area contributed by atoms with Gasteiger partial charge in [0.15, 0.2) is 16.3 Å². The number of carbonyl (C=O) groups is 1. The van der Waals surface area contributed by atoms with Gasteiger partial charge in [-0.1, -0.05) is 25.2 Å². The van der Waals surface area contributed by atoms with Crippen molar-refractivity contribution >= 4 is 22.4 Å². The van der Waals surface area contributed by atoms with E-state index in [1.54, 1.807) is 0 Å². The first-order valence-corrected chi connectivity index (χ1v) is 12.2. The number of aromatic nitrogens is 3. The van der Waals surface area contributed by atoms with Crippen molar-refractivity contribution in [2.45, 2.75) is 25.6 Å². The molecule has 196 valence electrons. The molecular weight excluding hydrogens is 511 g/mol. The lowest BCUT2D eigenvalue weighted by molar-refractivity contribution is -0.138. The highest BCUT2D eigenvalue weighted by atomic mass is 32.1. The number of halogens is 3. The van der Waals surface area contributed by atoms with Crippen molar-refractivity contribution in [2.24, 2.45) is 5.92 Å². The average molecular weight is 536 g/mol. The Morgan fingerprint density at radius 3 is 2.49 bits per heavy atom. The van der Waals surface area contributed by atoms with Gasteiger partial charge in [0.05, 0.1) is 30.4 Å². The van der Waals surface area contributed by atoms with E-state index >= 15 is 0 Å². The number of hydrogen-bond acceptors (Lipinski definition) is 9. The summed E-state index contributed by atoms with van der Waals surface area (Å²) in [6, 6.07) is 3.38. The van der Waals surface area contributed by atoms with Gasteiger partial charge in [-0.05, 0) is 24.1 Å². The van der Waals surface area contributed by atoms with E-state index in [0.29, 0.717) is 30.3 Å². The third-order valence-corrected chi connectivity index (χ3v) is 7.26. The Morgan fingerprint density at radius 2 is 1.89 bits per heavy atom. The largest absolute Gasteiger partial charge is 0.480 e. The monoisotopic (exact) mass is 535 g/mol. The first kappa shape index (κ1) is 25.2. The summed E-state index contributed by atoms with van der Waals surface area (Å²) in [6.45, 7) is 6.01. The van der Waals surface area contributed by atoms with Gasteiger partial charge in [-0.3, -0.25) is 15.0 Å². The fourth-order valence-electron chi connectivity index (χ4n) is 4.65. The minimum absolute atomic E-state index is 0.00592. The normalized spacial score (nSPS) is 16.0. The summed E-state index contributed by atoms with van der Waals surface area (Å²) in [5.41, 5.74) is -0.731. The fourth-order valence-corrected chi connectivity index (χ4v) is 5.73. The summed E-state index contributed by atoms with van der Waals surface area (Å²) >= 11 is 1.22. The Morgan fingerprint density at radius 1 is 1.22 bits per heavy atom. The summed E-state index contributed by atoms with van der Waals surface area (Å²) in [5, 5.41) is 2.99. The molecule has 1 spiro atoms. The van der Waals surface area contributed by atoms with Crippen molar-refractivity contribution in [1.29, 1.82) is 0 Å². The number of rotatable bonds is 6. The molecule has 1 N–H and O–H groups in total. The van der Waals surface area contributed by atoms with Gasteiger partial charge in [0.2, 0.25) is 11.8 Å². The van der Waals surface area contributed by atoms with Gasteiger partial charge >= 0.3 is 6.18 Å². The molecule has 3 aromatic rings. The Labute approximate surface area is 214 Å². The summed E-state index contributed by atoms with van der Waals surface area (Å²) in [6.07, 6.45) is -3.30. The second-order valence-electron chi connectivity index (χ2n) is 9.29. The lowest BCUT2D eigenvalue weighted by Crippen LogP contribution is -2.63. The van der Waals surface area contributed by atoms with Crippen LogP contribution in [0.25, 0.3) is 11.3 Å². The molecule has 37 heavy (non-hydrogen) atoms. The number of nitrogens with one attached hydrogen (secondary N) is 1. The first-order valence-electron chi connectivity index (χ1n) is 11.4. The molecule has 4 heterocycles. The standard InChI is InChI=1S/C24H24F3N5O4S/c1-12(2)8-32-9-23(10-32)18-17(14-6-5-13(24(25,26)27)7-15(14)36-23)30-22(37-18)31-19(33)16-20(34-3)28-11-29-21(16)35-4/h5-7,11-12H,8-10H2,1-4H3,(H,30,31,33). The van der Waals surface area contributed by atoms with Crippen LogP contribution in [0.2, 0.25) is 0 Å². The van der Waals surface area contributed by atoms with Crippen molar-refractivity contribution in [3.63, 3.8) is 0 Å². The molecule has 2 aliphatic heterocycles. The second kappa shape index (κ2) is 9.14. The minimum Gasteiger partial charge on any atom is -0.480 e. The highest BCUT2D eigenvalue weighted by Gasteiger charge is 2.53. The molecule has 13 heteroatoms. The average Bonchev–Trinajstić information content (AvgIpc) is 3.25. The summed E-state index contributed by atoms with van der Waals surface area (Å²) in [7, 11) is 2.74. The highest BCUT2D eigenvalue weighted by molar-refractivity contribution is 7.16. The van der Waals surface area contributed by atoms with Crippen LogP contribution in [0.5, 0.6) is 17.5 Å². The molecule has 0 bridgehead atoms. The maximum absolute atomic E-state index is 13.4. The Kier molecular flexibility index (Phi) is 6.23. The molecule has 0 atom stereocenters. The van der Waals surface area contributed by atoms with E-state index in [4.69, 9.17) is 14.2 Å². The van der Waals surface area contributed by atoms with Crippen molar-refractivity contribution in [3.05, 3.63) is 40.5 Å². The van der Waals surface area contributed by atoms with Gasteiger partial charge in [0.25, 0.3) is 5.91 Å².